The number of ether oxygens (including phenoxy) is 1. The molecule has 21 heavy (non-hydrogen) atoms. The zero-order valence-electron chi connectivity index (χ0n) is 11.2. The summed E-state index contributed by atoms with van der Waals surface area (Å²) in [5.74, 6) is -0.503. The average Bonchev–Trinajstić information content (AvgIpc) is 2.51. The first kappa shape index (κ1) is 13.1. The van der Waals surface area contributed by atoms with Gasteiger partial charge in [0.05, 0.1) is 28.4 Å². The summed E-state index contributed by atoms with van der Waals surface area (Å²) < 4.78 is 4.84. The number of esters is 1. The molecular weight excluding hydrogens is 270 g/mol. The minimum Gasteiger partial charge on any atom is -0.465 e. The summed E-state index contributed by atoms with van der Waals surface area (Å²) in [6, 6.07) is 13.6. The van der Waals surface area contributed by atoms with Crippen LogP contribution in [0.3, 0.4) is 0 Å². The summed E-state index contributed by atoms with van der Waals surface area (Å²) in [5, 5.41) is 13.4. The number of non-ortho nitro benzene ring substituents is 1. The molecule has 0 unspecified atom stereocenters. The summed E-state index contributed by atoms with van der Waals surface area (Å²) in [7, 11) is 1.30. The van der Waals surface area contributed by atoms with Gasteiger partial charge in [-0.1, -0.05) is 36.4 Å². The van der Waals surface area contributed by atoms with E-state index in [-0.39, 0.29) is 5.69 Å². The number of nitrogens with zero attached hydrogens (tertiary/aromatic N) is 1. The van der Waals surface area contributed by atoms with Crippen LogP contribution in [0.1, 0.15) is 10.4 Å². The fraction of sp³-hybridized carbons (Fsp3) is 0.0625. The third-order valence-electron chi connectivity index (χ3n) is 3.48. The third-order valence-corrected chi connectivity index (χ3v) is 3.48. The molecule has 3 rings (SSSR count). The van der Waals surface area contributed by atoms with Crippen LogP contribution in [-0.4, -0.2) is 18.0 Å². The molecule has 0 spiro atoms. The number of hydrogen-bond donors (Lipinski definition) is 0. The quantitative estimate of drug-likeness (QED) is 0.311. The molecule has 0 bridgehead atoms. The molecule has 0 amide bonds. The van der Waals surface area contributed by atoms with E-state index in [1.54, 1.807) is 48.5 Å². The highest BCUT2D eigenvalue weighted by Gasteiger charge is 2.24. The molecular formula is C16H11NO4. The fourth-order valence-corrected chi connectivity index (χ4v) is 2.62. The van der Waals surface area contributed by atoms with Crippen molar-refractivity contribution in [1.82, 2.24) is 0 Å². The summed E-state index contributed by atoms with van der Waals surface area (Å²) in [4.78, 5) is 23.2. The van der Waals surface area contributed by atoms with Gasteiger partial charge in [-0.2, -0.15) is 0 Å². The minimum absolute atomic E-state index is 0.00820. The Morgan fingerprint density at radius 1 is 0.952 bits per heavy atom. The second-order valence-corrected chi connectivity index (χ2v) is 4.56. The molecule has 0 radical (unpaired) electrons. The zero-order chi connectivity index (χ0) is 15.0. The Kier molecular flexibility index (Phi) is 3.02. The van der Waals surface area contributed by atoms with E-state index in [2.05, 4.69) is 0 Å². The molecule has 104 valence electrons. The van der Waals surface area contributed by atoms with Crippen molar-refractivity contribution in [2.75, 3.05) is 7.11 Å². The first-order chi connectivity index (χ1) is 10.1. The Morgan fingerprint density at radius 2 is 1.38 bits per heavy atom. The van der Waals surface area contributed by atoms with Crippen molar-refractivity contribution in [3.05, 3.63) is 64.2 Å². The van der Waals surface area contributed by atoms with Crippen LogP contribution in [0, 0.1) is 10.1 Å². The topological polar surface area (TPSA) is 69.4 Å². The largest absolute Gasteiger partial charge is 0.465 e. The van der Waals surface area contributed by atoms with Crippen molar-refractivity contribution in [3.63, 3.8) is 0 Å². The molecule has 0 aliphatic carbocycles. The summed E-state index contributed by atoms with van der Waals surface area (Å²) in [6.45, 7) is 0. The molecule has 5 heteroatoms. The molecule has 0 aliphatic heterocycles. The molecule has 5 nitrogen and oxygen atoms in total. The molecule has 0 fully saturated rings. The van der Waals surface area contributed by atoms with Crippen molar-refractivity contribution < 1.29 is 14.5 Å². The Hall–Kier alpha value is -2.95. The first-order valence-corrected chi connectivity index (χ1v) is 6.31. The van der Waals surface area contributed by atoms with Crippen molar-refractivity contribution in [2.24, 2.45) is 0 Å². The van der Waals surface area contributed by atoms with Crippen LogP contribution in [0.25, 0.3) is 21.5 Å². The number of methoxy groups -OCH3 is 1. The number of fused-ring (bicyclic) bond motifs is 2. The number of nitro benzene ring substituents is 1. The van der Waals surface area contributed by atoms with Gasteiger partial charge in [-0.15, -0.1) is 0 Å². The van der Waals surface area contributed by atoms with E-state index in [0.29, 0.717) is 27.1 Å². The maximum atomic E-state index is 12.1. The maximum Gasteiger partial charge on any atom is 0.339 e. The Labute approximate surface area is 119 Å². The SMILES string of the molecule is COC(=O)c1c2ccccc2c([N+](=O)[O-])c2ccccc12. The third kappa shape index (κ3) is 1.90. The van der Waals surface area contributed by atoms with E-state index in [1.165, 1.54) is 7.11 Å². The molecule has 0 aromatic heterocycles. The molecule has 0 N–H and O–H groups in total. The molecule has 0 heterocycles. The predicted octanol–water partition coefficient (Wildman–Crippen LogP) is 3.69. The van der Waals surface area contributed by atoms with Crippen molar-refractivity contribution in [2.45, 2.75) is 0 Å². The van der Waals surface area contributed by atoms with Crippen molar-refractivity contribution in [3.8, 4) is 0 Å². The van der Waals surface area contributed by atoms with Crippen LogP contribution in [0.15, 0.2) is 48.5 Å². The van der Waals surface area contributed by atoms with E-state index in [9.17, 15) is 14.9 Å². The zero-order valence-corrected chi connectivity index (χ0v) is 11.2. The lowest BCUT2D eigenvalue weighted by molar-refractivity contribution is -0.381. The van der Waals surface area contributed by atoms with Gasteiger partial charge in [-0.05, 0) is 12.1 Å². The van der Waals surface area contributed by atoms with Gasteiger partial charge in [-0.3, -0.25) is 10.1 Å². The maximum absolute atomic E-state index is 12.1. The summed E-state index contributed by atoms with van der Waals surface area (Å²) in [6.07, 6.45) is 0. The summed E-state index contributed by atoms with van der Waals surface area (Å²) in [5.41, 5.74) is 0.364. The highest BCUT2D eigenvalue weighted by Crippen LogP contribution is 2.37. The first-order valence-electron chi connectivity index (χ1n) is 6.31. The smallest absolute Gasteiger partial charge is 0.339 e. The fourth-order valence-electron chi connectivity index (χ4n) is 2.62. The van der Waals surface area contributed by atoms with Gasteiger partial charge < -0.3 is 4.74 Å². The number of hydrogen-bond acceptors (Lipinski definition) is 4. The highest BCUT2D eigenvalue weighted by atomic mass is 16.6. The van der Waals surface area contributed by atoms with Crippen LogP contribution in [0.2, 0.25) is 0 Å². The Morgan fingerprint density at radius 3 is 1.76 bits per heavy atom. The molecule has 0 saturated carbocycles. The number of benzene rings is 3. The number of nitro groups is 1. The Bertz CT molecular complexity index is 829. The second kappa shape index (κ2) is 4.86. The van der Waals surface area contributed by atoms with Crippen LogP contribution in [-0.2, 0) is 4.74 Å². The predicted molar refractivity (Wildman–Crippen MR) is 79.4 cm³/mol. The lowest BCUT2D eigenvalue weighted by Crippen LogP contribution is -2.05. The van der Waals surface area contributed by atoms with Gasteiger partial charge in [0.15, 0.2) is 0 Å². The van der Waals surface area contributed by atoms with Gasteiger partial charge in [0.25, 0.3) is 5.69 Å². The van der Waals surface area contributed by atoms with E-state index in [0.717, 1.165) is 0 Å². The average molecular weight is 281 g/mol. The van der Waals surface area contributed by atoms with E-state index >= 15 is 0 Å². The standard InChI is InChI=1S/C16H11NO4/c1-21-16(18)14-10-6-2-4-8-12(10)15(17(19)20)13-9-5-3-7-11(13)14/h2-9H,1H3. The Balaban J connectivity index is 2.64. The normalized spacial score (nSPS) is 10.7. The van der Waals surface area contributed by atoms with E-state index in [4.69, 9.17) is 4.74 Å². The van der Waals surface area contributed by atoms with Gasteiger partial charge in [0.1, 0.15) is 0 Å². The second-order valence-electron chi connectivity index (χ2n) is 4.56. The lowest BCUT2D eigenvalue weighted by atomic mass is 9.95. The molecule has 3 aromatic carbocycles. The van der Waals surface area contributed by atoms with E-state index < -0.39 is 10.9 Å². The van der Waals surface area contributed by atoms with Crippen LogP contribution in [0.5, 0.6) is 0 Å². The van der Waals surface area contributed by atoms with E-state index in [1.807, 2.05) is 0 Å². The van der Waals surface area contributed by atoms with Crippen LogP contribution >= 0.6 is 0 Å². The van der Waals surface area contributed by atoms with Crippen LogP contribution in [0.4, 0.5) is 5.69 Å². The van der Waals surface area contributed by atoms with Gasteiger partial charge >= 0.3 is 5.97 Å². The number of carbonyl (C=O) groups is 1. The molecule has 3 aromatic rings. The number of rotatable bonds is 2. The lowest BCUT2D eigenvalue weighted by Gasteiger charge is -2.10. The highest BCUT2D eigenvalue weighted by molar-refractivity contribution is 6.21. The van der Waals surface area contributed by atoms with Gasteiger partial charge in [-0.25, -0.2) is 4.79 Å². The molecule has 0 aliphatic rings. The monoisotopic (exact) mass is 281 g/mol. The summed E-state index contributed by atoms with van der Waals surface area (Å²) >= 11 is 0. The van der Waals surface area contributed by atoms with Gasteiger partial charge in [0, 0.05) is 10.8 Å². The molecule has 0 atom stereocenters. The van der Waals surface area contributed by atoms with Crippen molar-refractivity contribution >= 4 is 33.2 Å². The minimum atomic E-state index is -0.503. The van der Waals surface area contributed by atoms with Gasteiger partial charge in [0.2, 0.25) is 0 Å². The van der Waals surface area contributed by atoms with Crippen LogP contribution < -0.4 is 0 Å². The van der Waals surface area contributed by atoms with Crippen molar-refractivity contribution in [1.29, 1.82) is 0 Å². The molecule has 0 saturated heterocycles. The number of carbonyl (C=O) groups excluding carboxylic acids is 1.